The molecule has 0 spiro atoms. The van der Waals surface area contributed by atoms with Gasteiger partial charge in [-0.3, -0.25) is 4.79 Å². The predicted octanol–water partition coefficient (Wildman–Crippen LogP) is -0.434. The fourth-order valence-corrected chi connectivity index (χ4v) is 2.87. The second kappa shape index (κ2) is 7.09. The number of rotatable bonds is 3. The number of hydrogen-bond donors (Lipinski definition) is 1. The Hall–Kier alpha value is -1.34. The van der Waals surface area contributed by atoms with E-state index in [2.05, 4.69) is 0 Å². The van der Waals surface area contributed by atoms with E-state index in [-0.39, 0.29) is 23.9 Å². The monoisotopic (exact) mass is 298 g/mol. The van der Waals surface area contributed by atoms with Crippen molar-refractivity contribution < 1.29 is 14.3 Å². The molecule has 2 rings (SSSR count). The first-order valence-electron chi connectivity index (χ1n) is 7.74. The summed E-state index contributed by atoms with van der Waals surface area (Å²) >= 11 is 0. The Kier molecular flexibility index (Phi) is 5.41. The number of nitrogens with two attached hydrogens (primary N) is 1. The van der Waals surface area contributed by atoms with Gasteiger partial charge in [-0.25, -0.2) is 4.79 Å². The molecule has 0 radical (unpaired) electrons. The molecule has 2 atom stereocenters. The van der Waals surface area contributed by atoms with E-state index in [0.29, 0.717) is 52.5 Å². The highest BCUT2D eigenvalue weighted by atomic mass is 16.5. The molecule has 2 N–H and O–H groups in total. The Balaban J connectivity index is 1.85. The average molecular weight is 298 g/mol. The first kappa shape index (κ1) is 16.0. The van der Waals surface area contributed by atoms with E-state index >= 15 is 0 Å². The lowest BCUT2D eigenvalue weighted by atomic mass is 10.0. The zero-order chi connectivity index (χ0) is 15.4. The maximum atomic E-state index is 12.4. The summed E-state index contributed by atoms with van der Waals surface area (Å²) in [7, 11) is 0. The molecule has 2 unspecified atom stereocenters. The van der Waals surface area contributed by atoms with Crippen molar-refractivity contribution in [1.82, 2.24) is 14.7 Å². The zero-order valence-electron chi connectivity index (χ0n) is 13.0. The number of ether oxygens (including phenoxy) is 1. The number of piperazine rings is 1. The Morgan fingerprint density at radius 1 is 1.10 bits per heavy atom. The summed E-state index contributed by atoms with van der Waals surface area (Å²) in [6.07, 6.45) is 0. The molecule has 0 aliphatic carbocycles. The smallest absolute Gasteiger partial charge is 0.320 e. The van der Waals surface area contributed by atoms with Crippen LogP contribution in [-0.2, 0) is 9.53 Å². The standard InChI is InChI=1S/C14H26N4O3/c1-3-16(4-2)14(20)18-7-5-17(6-8-18)13(19)11-9-21-10-12(11)15/h11-12H,3-10,15H2,1-2H3. The van der Waals surface area contributed by atoms with Gasteiger partial charge >= 0.3 is 6.03 Å². The highest BCUT2D eigenvalue weighted by Gasteiger charge is 2.36. The largest absolute Gasteiger partial charge is 0.379 e. The number of nitrogens with zero attached hydrogens (tertiary/aromatic N) is 3. The van der Waals surface area contributed by atoms with Crippen molar-refractivity contribution in [2.24, 2.45) is 11.7 Å². The maximum Gasteiger partial charge on any atom is 0.320 e. The first-order chi connectivity index (χ1) is 10.1. The number of carbonyl (C=O) groups excluding carboxylic acids is 2. The highest BCUT2D eigenvalue weighted by molar-refractivity contribution is 5.80. The number of amides is 3. The van der Waals surface area contributed by atoms with Gasteiger partial charge in [-0.2, -0.15) is 0 Å². The zero-order valence-corrected chi connectivity index (χ0v) is 13.0. The second-order valence-electron chi connectivity index (χ2n) is 5.58. The molecule has 0 aromatic rings. The van der Waals surface area contributed by atoms with E-state index in [1.54, 1.807) is 4.90 Å². The molecule has 7 heteroatoms. The van der Waals surface area contributed by atoms with Crippen molar-refractivity contribution in [3.05, 3.63) is 0 Å². The number of urea groups is 1. The Morgan fingerprint density at radius 3 is 2.14 bits per heavy atom. The maximum absolute atomic E-state index is 12.4. The van der Waals surface area contributed by atoms with Crippen molar-refractivity contribution in [2.75, 3.05) is 52.5 Å². The van der Waals surface area contributed by atoms with Crippen LogP contribution in [0.3, 0.4) is 0 Å². The van der Waals surface area contributed by atoms with Gasteiger partial charge in [0.25, 0.3) is 0 Å². The molecule has 2 aliphatic rings. The average Bonchev–Trinajstić information content (AvgIpc) is 2.94. The molecule has 0 aromatic carbocycles. The Labute approximate surface area is 126 Å². The van der Waals surface area contributed by atoms with Crippen LogP contribution in [0.1, 0.15) is 13.8 Å². The van der Waals surface area contributed by atoms with Crippen LogP contribution in [0.5, 0.6) is 0 Å². The summed E-state index contributed by atoms with van der Waals surface area (Å²) in [5.41, 5.74) is 5.89. The summed E-state index contributed by atoms with van der Waals surface area (Å²) in [6.45, 7) is 8.57. The van der Waals surface area contributed by atoms with Crippen LogP contribution in [0.2, 0.25) is 0 Å². The van der Waals surface area contributed by atoms with E-state index in [1.807, 2.05) is 23.6 Å². The lowest BCUT2D eigenvalue weighted by molar-refractivity contribution is -0.137. The van der Waals surface area contributed by atoms with Crippen LogP contribution in [0, 0.1) is 5.92 Å². The summed E-state index contributed by atoms with van der Waals surface area (Å²) in [5, 5.41) is 0. The van der Waals surface area contributed by atoms with Crippen LogP contribution in [-0.4, -0.2) is 85.2 Å². The van der Waals surface area contributed by atoms with Gasteiger partial charge in [-0.15, -0.1) is 0 Å². The quantitative estimate of drug-likeness (QED) is 0.766. The Bertz CT molecular complexity index is 378. The normalized spacial score (nSPS) is 26.0. The van der Waals surface area contributed by atoms with Gasteiger partial charge in [0.1, 0.15) is 0 Å². The topological polar surface area (TPSA) is 79.1 Å². The lowest BCUT2D eigenvalue weighted by Crippen LogP contribution is -2.56. The van der Waals surface area contributed by atoms with E-state index in [1.165, 1.54) is 0 Å². The molecule has 2 saturated heterocycles. The van der Waals surface area contributed by atoms with Gasteiger partial charge in [0.2, 0.25) is 5.91 Å². The molecule has 21 heavy (non-hydrogen) atoms. The van der Waals surface area contributed by atoms with Gasteiger partial charge in [-0.1, -0.05) is 0 Å². The van der Waals surface area contributed by atoms with Crippen LogP contribution in [0.15, 0.2) is 0 Å². The molecular weight excluding hydrogens is 272 g/mol. The van der Waals surface area contributed by atoms with Gasteiger partial charge in [-0.05, 0) is 13.8 Å². The van der Waals surface area contributed by atoms with Crippen molar-refractivity contribution in [3.63, 3.8) is 0 Å². The molecule has 120 valence electrons. The summed E-state index contributed by atoms with van der Waals surface area (Å²) in [5.74, 6) is -0.162. The summed E-state index contributed by atoms with van der Waals surface area (Å²) in [6, 6.07) is -0.138. The van der Waals surface area contributed by atoms with Crippen molar-refractivity contribution >= 4 is 11.9 Å². The van der Waals surface area contributed by atoms with Crippen LogP contribution in [0.4, 0.5) is 4.79 Å². The first-order valence-corrected chi connectivity index (χ1v) is 7.74. The Morgan fingerprint density at radius 2 is 1.67 bits per heavy atom. The molecular formula is C14H26N4O3. The molecule has 0 saturated carbocycles. The molecule has 2 fully saturated rings. The third kappa shape index (κ3) is 3.47. The minimum absolute atomic E-state index is 0.0630. The minimum Gasteiger partial charge on any atom is -0.379 e. The van der Waals surface area contributed by atoms with E-state index in [4.69, 9.17) is 10.5 Å². The van der Waals surface area contributed by atoms with Crippen molar-refractivity contribution in [2.45, 2.75) is 19.9 Å². The fourth-order valence-electron chi connectivity index (χ4n) is 2.87. The molecule has 0 aromatic heterocycles. The second-order valence-corrected chi connectivity index (χ2v) is 5.58. The van der Waals surface area contributed by atoms with Crippen LogP contribution in [0.25, 0.3) is 0 Å². The van der Waals surface area contributed by atoms with Gasteiger partial charge < -0.3 is 25.2 Å². The van der Waals surface area contributed by atoms with Gasteiger partial charge in [0.05, 0.1) is 19.1 Å². The van der Waals surface area contributed by atoms with Crippen LogP contribution >= 0.6 is 0 Å². The molecule has 3 amide bonds. The van der Waals surface area contributed by atoms with E-state index in [9.17, 15) is 9.59 Å². The fraction of sp³-hybridized carbons (Fsp3) is 0.857. The predicted molar refractivity (Wildman–Crippen MR) is 78.8 cm³/mol. The van der Waals surface area contributed by atoms with Gasteiger partial charge in [0.15, 0.2) is 0 Å². The summed E-state index contributed by atoms with van der Waals surface area (Å²) in [4.78, 5) is 30.1. The van der Waals surface area contributed by atoms with E-state index < -0.39 is 0 Å². The molecule has 0 bridgehead atoms. The lowest BCUT2D eigenvalue weighted by Gasteiger charge is -2.38. The number of carbonyl (C=O) groups is 2. The SMILES string of the molecule is CCN(CC)C(=O)N1CCN(C(=O)C2COCC2N)CC1. The minimum atomic E-state index is -0.227. The van der Waals surface area contributed by atoms with Crippen molar-refractivity contribution in [3.8, 4) is 0 Å². The van der Waals surface area contributed by atoms with E-state index in [0.717, 1.165) is 0 Å². The molecule has 2 aliphatic heterocycles. The van der Waals surface area contributed by atoms with Crippen LogP contribution < -0.4 is 5.73 Å². The van der Waals surface area contributed by atoms with Crippen molar-refractivity contribution in [1.29, 1.82) is 0 Å². The van der Waals surface area contributed by atoms with Gasteiger partial charge in [0, 0.05) is 45.3 Å². The third-order valence-corrected chi connectivity index (χ3v) is 4.34. The summed E-state index contributed by atoms with van der Waals surface area (Å²) < 4.78 is 5.26. The number of hydrogen-bond acceptors (Lipinski definition) is 4. The highest BCUT2D eigenvalue weighted by Crippen LogP contribution is 2.16. The molecule has 2 heterocycles. The molecule has 7 nitrogen and oxygen atoms in total. The third-order valence-electron chi connectivity index (χ3n) is 4.34.